The maximum Gasteiger partial charge on any atom is 0.165 e. The first-order valence-corrected chi connectivity index (χ1v) is 16.6. The lowest BCUT2D eigenvalue weighted by Crippen LogP contribution is -2.01. The molecule has 6 aromatic carbocycles. The predicted molar refractivity (Wildman–Crippen MR) is 201 cm³/mol. The largest absolute Gasteiger partial charge is 0.456 e. The molecular weight excluding hydrogens is 615 g/mol. The molecule has 0 saturated heterocycles. The van der Waals surface area contributed by atoms with Crippen molar-refractivity contribution in [3.63, 3.8) is 0 Å². The molecule has 0 fully saturated rings. The van der Waals surface area contributed by atoms with Crippen LogP contribution in [0.25, 0.3) is 94.7 Å². The van der Waals surface area contributed by atoms with Crippen LogP contribution in [-0.4, -0.2) is 24.5 Å². The third-order valence-corrected chi connectivity index (χ3v) is 9.34. The molecule has 0 aliphatic heterocycles. The lowest BCUT2D eigenvalue weighted by atomic mass is 9.95. The fourth-order valence-corrected chi connectivity index (χ4v) is 7.10. The highest BCUT2D eigenvalue weighted by molar-refractivity contribution is 6.21. The van der Waals surface area contributed by atoms with Crippen molar-refractivity contribution in [2.75, 3.05) is 0 Å². The summed E-state index contributed by atoms with van der Waals surface area (Å²) in [5.41, 5.74) is 9.50. The van der Waals surface area contributed by atoms with Gasteiger partial charge in [0.05, 0.1) is 11.0 Å². The normalized spacial score (nSPS) is 11.6. The quantitative estimate of drug-likeness (QED) is 0.187. The van der Waals surface area contributed by atoms with E-state index in [0.717, 1.165) is 71.9 Å². The van der Waals surface area contributed by atoms with Crippen LogP contribution in [0, 0.1) is 0 Å². The second kappa shape index (κ2) is 11.4. The lowest BCUT2D eigenvalue weighted by Gasteiger charge is -2.13. The zero-order valence-electron chi connectivity index (χ0n) is 26.7. The summed E-state index contributed by atoms with van der Waals surface area (Å²) >= 11 is 0. The summed E-state index contributed by atoms with van der Waals surface area (Å²) in [6.07, 6.45) is 3.67. The fourth-order valence-electron chi connectivity index (χ4n) is 7.10. The zero-order chi connectivity index (χ0) is 33.0. The third kappa shape index (κ3) is 4.50. The Morgan fingerprint density at radius 3 is 1.80 bits per heavy atom. The summed E-state index contributed by atoms with van der Waals surface area (Å²) in [4.78, 5) is 19.9. The molecule has 10 aromatic rings. The highest BCUT2D eigenvalue weighted by Gasteiger charge is 2.24. The number of nitrogens with zero attached hydrogens (tertiary/aromatic N) is 5. The van der Waals surface area contributed by atoms with E-state index >= 15 is 0 Å². The Hall–Kier alpha value is -6.92. The number of aromatic nitrogens is 5. The summed E-state index contributed by atoms with van der Waals surface area (Å²) in [7, 11) is 0. The average molecular weight is 642 g/mol. The molecule has 4 heterocycles. The Labute approximate surface area is 287 Å². The van der Waals surface area contributed by atoms with E-state index in [1.807, 2.05) is 85.1 Å². The van der Waals surface area contributed by atoms with Crippen LogP contribution in [0.2, 0.25) is 0 Å². The number of rotatable bonds is 5. The number of furan rings is 1. The molecule has 0 aliphatic rings. The van der Waals surface area contributed by atoms with E-state index in [2.05, 4.69) is 82.3 Å². The van der Waals surface area contributed by atoms with Crippen molar-refractivity contribution in [3.8, 4) is 51.0 Å². The van der Waals surface area contributed by atoms with Crippen LogP contribution in [-0.2, 0) is 0 Å². The highest BCUT2D eigenvalue weighted by Crippen LogP contribution is 2.44. The van der Waals surface area contributed by atoms with Crippen LogP contribution in [0.4, 0.5) is 0 Å². The van der Waals surface area contributed by atoms with Gasteiger partial charge in [-0.1, -0.05) is 103 Å². The first-order chi connectivity index (χ1) is 24.8. The minimum Gasteiger partial charge on any atom is -0.456 e. The van der Waals surface area contributed by atoms with Gasteiger partial charge in [0.1, 0.15) is 11.2 Å². The second-order valence-electron chi connectivity index (χ2n) is 12.3. The number of para-hydroxylation sites is 2. The number of benzene rings is 6. The Balaban J connectivity index is 1.34. The number of hydrogen-bond acceptors (Lipinski definition) is 5. The number of hydrogen-bond donors (Lipinski definition) is 0. The van der Waals surface area contributed by atoms with Gasteiger partial charge in [0, 0.05) is 61.9 Å². The standard InChI is InChI=1S/C44H27N5O/c1-4-13-28(14-5-1)42-46-43(29-15-6-2-7-16-29)48-44(47-42)41-32(30-17-12-24-45-27-30)22-23-38-40(41)35-25-37-34(26-39(35)50-38)33-20-10-11-21-36(33)49(37)31-18-8-3-9-19-31/h1-27H. The molecule has 234 valence electrons. The van der Waals surface area contributed by atoms with E-state index in [1.165, 1.54) is 5.39 Å². The Morgan fingerprint density at radius 2 is 1.10 bits per heavy atom. The van der Waals surface area contributed by atoms with E-state index in [0.29, 0.717) is 17.5 Å². The van der Waals surface area contributed by atoms with Crippen LogP contribution in [0.3, 0.4) is 0 Å². The maximum atomic E-state index is 6.71. The van der Waals surface area contributed by atoms with Gasteiger partial charge < -0.3 is 8.98 Å². The van der Waals surface area contributed by atoms with Crippen LogP contribution in [0.15, 0.2) is 168 Å². The molecule has 50 heavy (non-hydrogen) atoms. The Morgan fingerprint density at radius 1 is 0.460 bits per heavy atom. The van der Waals surface area contributed by atoms with Crippen molar-refractivity contribution >= 4 is 43.7 Å². The van der Waals surface area contributed by atoms with Gasteiger partial charge >= 0.3 is 0 Å². The van der Waals surface area contributed by atoms with Gasteiger partial charge in [0.25, 0.3) is 0 Å². The van der Waals surface area contributed by atoms with E-state index in [-0.39, 0.29) is 0 Å². The fraction of sp³-hybridized carbons (Fsp3) is 0. The van der Waals surface area contributed by atoms with Gasteiger partial charge in [-0.05, 0) is 54.1 Å². The number of pyridine rings is 1. The van der Waals surface area contributed by atoms with Gasteiger partial charge in [-0.15, -0.1) is 0 Å². The Kier molecular flexibility index (Phi) is 6.39. The van der Waals surface area contributed by atoms with Crippen molar-refractivity contribution in [1.29, 1.82) is 0 Å². The van der Waals surface area contributed by atoms with Gasteiger partial charge in [-0.2, -0.15) is 0 Å². The van der Waals surface area contributed by atoms with Crippen molar-refractivity contribution in [2.24, 2.45) is 0 Å². The summed E-state index contributed by atoms with van der Waals surface area (Å²) in [6, 6.07) is 51.8. The van der Waals surface area contributed by atoms with Gasteiger partial charge in [-0.3, -0.25) is 4.98 Å². The summed E-state index contributed by atoms with van der Waals surface area (Å²) in [5, 5.41) is 4.22. The second-order valence-corrected chi connectivity index (χ2v) is 12.3. The van der Waals surface area contributed by atoms with Crippen LogP contribution < -0.4 is 0 Å². The first-order valence-electron chi connectivity index (χ1n) is 16.6. The smallest absolute Gasteiger partial charge is 0.165 e. The van der Waals surface area contributed by atoms with E-state index < -0.39 is 0 Å². The van der Waals surface area contributed by atoms with E-state index in [1.54, 1.807) is 6.20 Å². The molecule has 0 radical (unpaired) electrons. The lowest BCUT2D eigenvalue weighted by molar-refractivity contribution is 0.669. The van der Waals surface area contributed by atoms with E-state index in [9.17, 15) is 0 Å². The molecule has 0 spiro atoms. The first kappa shape index (κ1) is 28.1. The van der Waals surface area contributed by atoms with Crippen LogP contribution >= 0.6 is 0 Å². The SMILES string of the molecule is c1ccc(-c2nc(-c3ccccc3)nc(-c3c(-c4cccnc4)ccc4oc5cc6c7ccccc7n(-c7ccccc7)c6cc5c34)n2)cc1. The zero-order valence-corrected chi connectivity index (χ0v) is 26.7. The minimum absolute atomic E-state index is 0.563. The van der Waals surface area contributed by atoms with E-state index in [4.69, 9.17) is 19.4 Å². The molecule has 0 N–H and O–H groups in total. The predicted octanol–water partition coefficient (Wildman–Crippen LogP) is 10.9. The van der Waals surface area contributed by atoms with Gasteiger partial charge in [0.15, 0.2) is 17.5 Å². The number of fused-ring (bicyclic) bond motifs is 6. The topological polar surface area (TPSA) is 69.6 Å². The highest BCUT2D eigenvalue weighted by atomic mass is 16.3. The molecule has 0 unspecified atom stereocenters. The molecular formula is C44H27N5O. The molecule has 0 atom stereocenters. The molecule has 6 nitrogen and oxygen atoms in total. The van der Waals surface area contributed by atoms with Crippen molar-refractivity contribution in [2.45, 2.75) is 0 Å². The van der Waals surface area contributed by atoms with Gasteiger partial charge in [0.2, 0.25) is 0 Å². The molecule has 0 aliphatic carbocycles. The minimum atomic E-state index is 0.563. The maximum absolute atomic E-state index is 6.71. The third-order valence-electron chi connectivity index (χ3n) is 9.34. The molecule has 10 rings (SSSR count). The van der Waals surface area contributed by atoms with Gasteiger partial charge in [-0.25, -0.2) is 15.0 Å². The molecule has 0 bridgehead atoms. The van der Waals surface area contributed by atoms with Crippen LogP contribution in [0.1, 0.15) is 0 Å². The molecule has 6 heteroatoms. The Bertz CT molecular complexity index is 2790. The molecule has 0 amide bonds. The monoisotopic (exact) mass is 641 g/mol. The summed E-state index contributed by atoms with van der Waals surface area (Å²) in [5.74, 6) is 1.76. The summed E-state index contributed by atoms with van der Waals surface area (Å²) < 4.78 is 9.04. The molecule has 0 saturated carbocycles. The molecule has 4 aromatic heterocycles. The summed E-state index contributed by atoms with van der Waals surface area (Å²) in [6.45, 7) is 0. The average Bonchev–Trinajstić information content (AvgIpc) is 3.72. The van der Waals surface area contributed by atoms with Crippen LogP contribution in [0.5, 0.6) is 0 Å². The van der Waals surface area contributed by atoms with Crippen molar-refractivity contribution < 1.29 is 4.42 Å². The van der Waals surface area contributed by atoms with Crippen molar-refractivity contribution in [1.82, 2.24) is 24.5 Å². The van der Waals surface area contributed by atoms with Crippen molar-refractivity contribution in [3.05, 3.63) is 164 Å².